The lowest BCUT2D eigenvalue weighted by Crippen LogP contribution is -2.00. The van der Waals surface area contributed by atoms with Gasteiger partial charge in [0.25, 0.3) is 11.8 Å². The summed E-state index contributed by atoms with van der Waals surface area (Å²) in [6.45, 7) is -0.238. The maximum Gasteiger partial charge on any atom is 0.311 e. The molecule has 112 valence electrons. The summed E-state index contributed by atoms with van der Waals surface area (Å²) < 4.78 is 28.7. The fourth-order valence-electron chi connectivity index (χ4n) is 1.71. The molecule has 0 saturated heterocycles. The van der Waals surface area contributed by atoms with E-state index in [-0.39, 0.29) is 29.8 Å². The summed E-state index contributed by atoms with van der Waals surface area (Å²) in [6, 6.07) is 6.21. The van der Waals surface area contributed by atoms with E-state index in [0.717, 1.165) is 18.2 Å². The van der Waals surface area contributed by atoms with Gasteiger partial charge in [0.2, 0.25) is 5.75 Å². The molecule has 9 heteroatoms. The molecule has 0 amide bonds. The van der Waals surface area contributed by atoms with Gasteiger partial charge in [-0.25, -0.2) is 4.39 Å². The maximum atomic E-state index is 13.2. The SMILES string of the molecule is O=[N+]([O-])c1ccc(F)cc1OCc1nnc(-c2ccco2)o1. The number of benzene rings is 1. The van der Waals surface area contributed by atoms with Crippen LogP contribution < -0.4 is 4.74 Å². The first-order chi connectivity index (χ1) is 10.6. The van der Waals surface area contributed by atoms with E-state index >= 15 is 0 Å². The van der Waals surface area contributed by atoms with Crippen molar-refractivity contribution in [3.05, 3.63) is 58.4 Å². The molecule has 0 atom stereocenters. The maximum absolute atomic E-state index is 13.2. The molecule has 1 aromatic carbocycles. The number of nitro benzene ring substituents is 1. The van der Waals surface area contributed by atoms with E-state index < -0.39 is 10.7 Å². The first-order valence-corrected chi connectivity index (χ1v) is 6.06. The summed E-state index contributed by atoms with van der Waals surface area (Å²) in [4.78, 5) is 10.2. The Labute approximate surface area is 122 Å². The van der Waals surface area contributed by atoms with Crippen LogP contribution in [-0.4, -0.2) is 15.1 Å². The highest BCUT2D eigenvalue weighted by atomic mass is 19.1. The zero-order chi connectivity index (χ0) is 15.5. The number of ether oxygens (including phenoxy) is 1. The molecule has 22 heavy (non-hydrogen) atoms. The molecular weight excluding hydrogens is 297 g/mol. The van der Waals surface area contributed by atoms with Crippen molar-refractivity contribution in [3.8, 4) is 17.4 Å². The topological polar surface area (TPSA) is 104 Å². The number of hydrogen-bond donors (Lipinski definition) is 0. The molecule has 0 radical (unpaired) electrons. The van der Waals surface area contributed by atoms with Gasteiger partial charge >= 0.3 is 5.69 Å². The van der Waals surface area contributed by atoms with E-state index in [4.69, 9.17) is 13.6 Å². The summed E-state index contributed by atoms with van der Waals surface area (Å²) in [7, 11) is 0. The number of halogens is 1. The summed E-state index contributed by atoms with van der Waals surface area (Å²) >= 11 is 0. The second-order valence-electron chi connectivity index (χ2n) is 4.14. The van der Waals surface area contributed by atoms with Gasteiger partial charge < -0.3 is 13.6 Å². The molecule has 0 unspecified atom stereocenters. The largest absolute Gasteiger partial charge is 0.477 e. The minimum Gasteiger partial charge on any atom is -0.477 e. The third-order valence-electron chi connectivity index (χ3n) is 2.67. The van der Waals surface area contributed by atoms with Crippen LogP contribution >= 0.6 is 0 Å². The van der Waals surface area contributed by atoms with Crippen molar-refractivity contribution in [2.24, 2.45) is 0 Å². The van der Waals surface area contributed by atoms with Crippen molar-refractivity contribution in [1.29, 1.82) is 0 Å². The van der Waals surface area contributed by atoms with Crippen molar-refractivity contribution in [2.75, 3.05) is 0 Å². The molecule has 2 aromatic heterocycles. The number of nitrogens with zero attached hydrogens (tertiary/aromatic N) is 3. The highest BCUT2D eigenvalue weighted by molar-refractivity contribution is 5.46. The first-order valence-electron chi connectivity index (χ1n) is 6.06. The average molecular weight is 305 g/mol. The number of aromatic nitrogens is 2. The van der Waals surface area contributed by atoms with E-state index in [1.54, 1.807) is 12.1 Å². The van der Waals surface area contributed by atoms with Crippen molar-refractivity contribution in [1.82, 2.24) is 10.2 Å². The summed E-state index contributed by atoms with van der Waals surface area (Å²) in [5.41, 5.74) is -0.354. The number of nitro groups is 1. The molecule has 0 bridgehead atoms. The molecule has 0 N–H and O–H groups in total. The summed E-state index contributed by atoms with van der Waals surface area (Å²) in [6.07, 6.45) is 1.45. The smallest absolute Gasteiger partial charge is 0.311 e. The number of hydrogen-bond acceptors (Lipinski definition) is 7. The Bertz CT molecular complexity index is 800. The van der Waals surface area contributed by atoms with Crippen LogP contribution in [0.5, 0.6) is 5.75 Å². The van der Waals surface area contributed by atoms with Gasteiger partial charge in [-0.05, 0) is 18.2 Å². The van der Waals surface area contributed by atoms with Gasteiger partial charge in [0, 0.05) is 12.1 Å². The molecule has 3 aromatic rings. The van der Waals surface area contributed by atoms with Crippen LogP contribution in [0.25, 0.3) is 11.7 Å². The Morgan fingerprint density at radius 1 is 1.32 bits per heavy atom. The molecule has 0 aliphatic carbocycles. The Morgan fingerprint density at radius 3 is 2.91 bits per heavy atom. The molecule has 2 heterocycles. The van der Waals surface area contributed by atoms with Crippen molar-refractivity contribution in [3.63, 3.8) is 0 Å². The average Bonchev–Trinajstić information content (AvgIpc) is 3.16. The second kappa shape index (κ2) is 5.64. The predicted octanol–water partition coefficient (Wildman–Crippen LogP) is 2.96. The van der Waals surface area contributed by atoms with Crippen LogP contribution in [0.3, 0.4) is 0 Å². The van der Waals surface area contributed by atoms with Gasteiger partial charge in [0.1, 0.15) is 5.82 Å². The lowest BCUT2D eigenvalue weighted by atomic mass is 10.3. The molecule has 0 aliphatic rings. The van der Waals surface area contributed by atoms with E-state index in [0.29, 0.717) is 5.76 Å². The molecule has 8 nitrogen and oxygen atoms in total. The van der Waals surface area contributed by atoms with Crippen LogP contribution in [0.15, 0.2) is 45.4 Å². The third kappa shape index (κ3) is 2.77. The highest BCUT2D eigenvalue weighted by Gasteiger charge is 2.17. The number of furan rings is 1. The van der Waals surface area contributed by atoms with Crippen LogP contribution in [-0.2, 0) is 6.61 Å². The Hall–Kier alpha value is -3.23. The zero-order valence-corrected chi connectivity index (χ0v) is 10.9. The first kappa shape index (κ1) is 13.7. The fraction of sp³-hybridized carbons (Fsp3) is 0.0769. The van der Waals surface area contributed by atoms with E-state index in [1.165, 1.54) is 6.26 Å². The van der Waals surface area contributed by atoms with Gasteiger partial charge in [-0.3, -0.25) is 10.1 Å². The number of rotatable bonds is 5. The Kier molecular flexibility index (Phi) is 3.52. The van der Waals surface area contributed by atoms with E-state index in [1.807, 2.05) is 0 Å². The molecule has 0 saturated carbocycles. The Morgan fingerprint density at radius 2 is 2.18 bits per heavy atom. The normalized spacial score (nSPS) is 10.6. The zero-order valence-electron chi connectivity index (χ0n) is 10.9. The molecule has 0 spiro atoms. The highest BCUT2D eigenvalue weighted by Crippen LogP contribution is 2.28. The standard InChI is InChI=1S/C13H8FN3O5/c14-8-3-4-9(17(18)19)11(6-8)21-7-12-15-16-13(22-12)10-2-1-5-20-10/h1-6H,7H2. The van der Waals surface area contributed by atoms with Crippen molar-refractivity contribution in [2.45, 2.75) is 6.61 Å². The van der Waals surface area contributed by atoms with E-state index in [2.05, 4.69) is 10.2 Å². The predicted molar refractivity (Wildman–Crippen MR) is 69.4 cm³/mol. The van der Waals surface area contributed by atoms with Gasteiger partial charge in [-0.1, -0.05) is 0 Å². The van der Waals surface area contributed by atoms with Crippen LogP contribution in [0.2, 0.25) is 0 Å². The van der Waals surface area contributed by atoms with Gasteiger partial charge in [0.05, 0.1) is 11.2 Å². The molecule has 0 aliphatic heterocycles. The van der Waals surface area contributed by atoms with Crippen molar-refractivity contribution < 1.29 is 22.9 Å². The molecular formula is C13H8FN3O5. The quantitative estimate of drug-likeness (QED) is 0.527. The Balaban J connectivity index is 1.76. The third-order valence-corrected chi connectivity index (χ3v) is 2.67. The lowest BCUT2D eigenvalue weighted by Gasteiger charge is -2.04. The van der Waals surface area contributed by atoms with Crippen molar-refractivity contribution >= 4 is 5.69 Å². The second-order valence-corrected chi connectivity index (χ2v) is 4.14. The van der Waals surface area contributed by atoms with Crippen LogP contribution in [0, 0.1) is 15.9 Å². The van der Waals surface area contributed by atoms with Gasteiger partial charge in [-0.2, -0.15) is 0 Å². The molecule has 0 fully saturated rings. The minimum absolute atomic E-state index is 0.0740. The fourth-order valence-corrected chi connectivity index (χ4v) is 1.71. The summed E-state index contributed by atoms with van der Waals surface area (Å²) in [5, 5.41) is 18.3. The van der Waals surface area contributed by atoms with Crippen LogP contribution in [0.1, 0.15) is 5.89 Å². The monoisotopic (exact) mass is 305 g/mol. The summed E-state index contributed by atoms with van der Waals surface area (Å²) in [5.74, 6) is -0.261. The minimum atomic E-state index is -0.670. The lowest BCUT2D eigenvalue weighted by molar-refractivity contribution is -0.386. The molecule has 3 rings (SSSR count). The van der Waals surface area contributed by atoms with Crippen LogP contribution in [0.4, 0.5) is 10.1 Å². The van der Waals surface area contributed by atoms with Gasteiger partial charge in [0.15, 0.2) is 12.4 Å². The van der Waals surface area contributed by atoms with Gasteiger partial charge in [-0.15, -0.1) is 10.2 Å². The van der Waals surface area contributed by atoms with E-state index in [9.17, 15) is 14.5 Å².